The summed E-state index contributed by atoms with van der Waals surface area (Å²) in [5, 5.41) is 7.76. The van der Waals surface area contributed by atoms with Gasteiger partial charge in [-0.2, -0.15) is 0 Å². The molecular weight excluding hydrogens is 391 g/mol. The van der Waals surface area contributed by atoms with E-state index in [0.717, 1.165) is 28.9 Å². The summed E-state index contributed by atoms with van der Waals surface area (Å²) in [5.41, 5.74) is 3.75. The van der Waals surface area contributed by atoms with Gasteiger partial charge in [0.1, 0.15) is 5.54 Å². The number of benzene rings is 3. The highest BCUT2D eigenvalue weighted by atomic mass is 35.5. The van der Waals surface area contributed by atoms with Crippen molar-refractivity contribution in [3.63, 3.8) is 0 Å². The third-order valence-corrected chi connectivity index (χ3v) is 5.60. The Kier molecular flexibility index (Phi) is 5.05. The topological polar surface area (TPSA) is 41.1 Å². The van der Waals surface area contributed by atoms with E-state index in [4.69, 9.17) is 23.2 Å². The number of rotatable bonds is 5. The minimum Gasteiger partial charge on any atom is -0.367 e. The van der Waals surface area contributed by atoms with E-state index in [2.05, 4.69) is 29.7 Å². The molecule has 1 heterocycles. The maximum absolute atomic E-state index is 13.3. The van der Waals surface area contributed by atoms with Gasteiger partial charge in [-0.25, -0.2) is 0 Å². The van der Waals surface area contributed by atoms with E-state index in [-0.39, 0.29) is 5.91 Å². The molecular formula is C23H20Cl2N2O. The molecule has 0 fully saturated rings. The van der Waals surface area contributed by atoms with Crippen molar-refractivity contribution in [2.24, 2.45) is 0 Å². The van der Waals surface area contributed by atoms with Gasteiger partial charge in [0.05, 0.1) is 0 Å². The molecule has 142 valence electrons. The molecule has 2 N–H and O–H groups in total. The molecule has 28 heavy (non-hydrogen) atoms. The van der Waals surface area contributed by atoms with Crippen LogP contribution in [-0.2, 0) is 23.2 Å². The molecule has 3 aromatic rings. The van der Waals surface area contributed by atoms with Crippen molar-refractivity contribution in [2.75, 3.05) is 10.6 Å². The number of hydrogen-bond donors (Lipinski definition) is 2. The molecule has 0 saturated heterocycles. The van der Waals surface area contributed by atoms with E-state index in [1.165, 1.54) is 5.56 Å². The zero-order valence-corrected chi connectivity index (χ0v) is 16.9. The maximum atomic E-state index is 13.3. The van der Waals surface area contributed by atoms with Crippen molar-refractivity contribution in [1.29, 1.82) is 0 Å². The van der Waals surface area contributed by atoms with Gasteiger partial charge in [0.15, 0.2) is 0 Å². The molecule has 0 radical (unpaired) electrons. The van der Waals surface area contributed by atoms with E-state index in [1.54, 1.807) is 6.07 Å². The molecule has 4 rings (SSSR count). The number of anilines is 2. The summed E-state index contributed by atoms with van der Waals surface area (Å²) in [4.78, 5) is 13.3. The Morgan fingerprint density at radius 2 is 1.68 bits per heavy atom. The Morgan fingerprint density at radius 1 is 0.929 bits per heavy atom. The van der Waals surface area contributed by atoms with Crippen LogP contribution in [0.2, 0.25) is 10.0 Å². The summed E-state index contributed by atoms with van der Waals surface area (Å²) >= 11 is 12.4. The van der Waals surface area contributed by atoms with Crippen LogP contribution in [0.25, 0.3) is 0 Å². The molecule has 3 aromatic carbocycles. The van der Waals surface area contributed by atoms with E-state index < -0.39 is 5.54 Å². The zero-order chi connectivity index (χ0) is 19.7. The Balaban J connectivity index is 1.83. The van der Waals surface area contributed by atoms with Crippen LogP contribution in [0.3, 0.4) is 0 Å². The van der Waals surface area contributed by atoms with E-state index in [0.29, 0.717) is 16.5 Å². The lowest BCUT2D eigenvalue weighted by atomic mass is 9.84. The predicted molar refractivity (Wildman–Crippen MR) is 116 cm³/mol. The van der Waals surface area contributed by atoms with Gasteiger partial charge in [0.25, 0.3) is 5.91 Å². The number of hydrogen-bond acceptors (Lipinski definition) is 2. The van der Waals surface area contributed by atoms with Gasteiger partial charge < -0.3 is 10.6 Å². The normalized spacial score (nSPS) is 17.9. The third kappa shape index (κ3) is 3.48. The van der Waals surface area contributed by atoms with Crippen molar-refractivity contribution >= 4 is 40.5 Å². The fourth-order valence-corrected chi connectivity index (χ4v) is 4.14. The van der Waals surface area contributed by atoms with Crippen molar-refractivity contribution < 1.29 is 4.79 Å². The summed E-state index contributed by atoms with van der Waals surface area (Å²) in [6, 6.07) is 21.3. The standard InChI is InChI=1S/C23H20Cl2N2O/c1-2-15-5-4-8-19(12-15)27-23(14-16-6-3-7-17(24)11-16)20-10-9-18(25)13-21(20)26-22(23)28/h3-13,27H,2,14H2,1H3,(H,26,28). The fraction of sp³-hybridized carbons (Fsp3) is 0.174. The second-order valence-corrected chi connectivity index (χ2v) is 7.91. The SMILES string of the molecule is CCc1cccc(NC2(Cc3cccc(Cl)c3)C(=O)Nc3cc(Cl)ccc32)c1. The minimum absolute atomic E-state index is 0.105. The third-order valence-electron chi connectivity index (χ3n) is 5.13. The molecule has 5 heteroatoms. The maximum Gasteiger partial charge on any atom is 0.255 e. The van der Waals surface area contributed by atoms with Crippen LogP contribution in [0.1, 0.15) is 23.6 Å². The average molecular weight is 411 g/mol. The Labute approximate surface area is 174 Å². The molecule has 0 aliphatic carbocycles. The summed E-state index contributed by atoms with van der Waals surface area (Å²) in [5.74, 6) is -0.105. The average Bonchev–Trinajstić information content (AvgIpc) is 2.92. The second kappa shape index (κ2) is 7.50. The molecule has 1 atom stereocenters. The molecule has 1 unspecified atom stereocenters. The summed E-state index contributed by atoms with van der Waals surface area (Å²) in [6.07, 6.45) is 1.39. The van der Waals surface area contributed by atoms with E-state index in [1.807, 2.05) is 48.5 Å². The highest BCUT2D eigenvalue weighted by molar-refractivity contribution is 6.31. The molecule has 1 amide bonds. The molecule has 1 aliphatic heterocycles. The van der Waals surface area contributed by atoms with Gasteiger partial charge in [-0.1, -0.05) is 60.5 Å². The van der Waals surface area contributed by atoms with Crippen molar-refractivity contribution in [3.8, 4) is 0 Å². The number of aryl methyl sites for hydroxylation is 1. The molecule has 0 aromatic heterocycles. The van der Waals surface area contributed by atoms with Crippen LogP contribution in [0.4, 0.5) is 11.4 Å². The zero-order valence-electron chi connectivity index (χ0n) is 15.4. The summed E-state index contributed by atoms with van der Waals surface area (Å²) < 4.78 is 0. The van der Waals surface area contributed by atoms with Gasteiger partial charge in [-0.15, -0.1) is 0 Å². The number of carbonyl (C=O) groups is 1. The smallest absolute Gasteiger partial charge is 0.255 e. The minimum atomic E-state index is -0.947. The van der Waals surface area contributed by atoms with Gasteiger partial charge in [-0.05, 0) is 53.9 Å². The Hall–Kier alpha value is -2.49. The lowest BCUT2D eigenvalue weighted by molar-refractivity contribution is -0.119. The van der Waals surface area contributed by atoms with Crippen molar-refractivity contribution in [1.82, 2.24) is 0 Å². The number of nitrogens with one attached hydrogen (secondary N) is 2. The summed E-state index contributed by atoms with van der Waals surface area (Å²) in [7, 11) is 0. The Bertz CT molecular complexity index is 1050. The van der Waals surface area contributed by atoms with Crippen LogP contribution < -0.4 is 10.6 Å². The first-order chi connectivity index (χ1) is 13.5. The first-order valence-corrected chi connectivity index (χ1v) is 9.99. The largest absolute Gasteiger partial charge is 0.367 e. The Morgan fingerprint density at radius 3 is 2.46 bits per heavy atom. The van der Waals surface area contributed by atoms with Gasteiger partial charge >= 0.3 is 0 Å². The summed E-state index contributed by atoms with van der Waals surface area (Å²) in [6.45, 7) is 2.11. The number of fused-ring (bicyclic) bond motifs is 1. The van der Waals surface area contributed by atoms with Crippen molar-refractivity contribution in [2.45, 2.75) is 25.3 Å². The highest BCUT2D eigenvalue weighted by Crippen LogP contribution is 2.42. The van der Waals surface area contributed by atoms with Crippen LogP contribution in [0, 0.1) is 0 Å². The van der Waals surface area contributed by atoms with Gasteiger partial charge in [-0.3, -0.25) is 4.79 Å². The molecule has 3 nitrogen and oxygen atoms in total. The lowest BCUT2D eigenvalue weighted by Crippen LogP contribution is -2.44. The van der Waals surface area contributed by atoms with Crippen LogP contribution in [0.5, 0.6) is 0 Å². The first kappa shape index (κ1) is 18.9. The monoisotopic (exact) mass is 410 g/mol. The molecule has 0 bridgehead atoms. The highest BCUT2D eigenvalue weighted by Gasteiger charge is 2.47. The second-order valence-electron chi connectivity index (χ2n) is 7.03. The quantitative estimate of drug-likeness (QED) is 0.536. The number of amides is 1. The van der Waals surface area contributed by atoms with Crippen LogP contribution in [0.15, 0.2) is 66.7 Å². The molecule has 1 aliphatic rings. The van der Waals surface area contributed by atoms with E-state index >= 15 is 0 Å². The van der Waals surface area contributed by atoms with Crippen LogP contribution in [-0.4, -0.2) is 5.91 Å². The van der Waals surface area contributed by atoms with Gasteiger partial charge in [0, 0.05) is 33.4 Å². The van der Waals surface area contributed by atoms with E-state index in [9.17, 15) is 4.79 Å². The van der Waals surface area contributed by atoms with Crippen molar-refractivity contribution in [3.05, 3.63) is 93.5 Å². The number of halogens is 2. The molecule has 0 spiro atoms. The predicted octanol–water partition coefficient (Wildman–Crippen LogP) is 6.06. The van der Waals surface area contributed by atoms with Crippen LogP contribution >= 0.6 is 23.2 Å². The fourth-order valence-electron chi connectivity index (χ4n) is 3.76. The number of carbonyl (C=O) groups excluding carboxylic acids is 1. The van der Waals surface area contributed by atoms with Gasteiger partial charge in [0.2, 0.25) is 0 Å². The molecule has 0 saturated carbocycles. The lowest BCUT2D eigenvalue weighted by Gasteiger charge is -2.30. The first-order valence-electron chi connectivity index (χ1n) is 9.23.